The summed E-state index contributed by atoms with van der Waals surface area (Å²) in [4.78, 5) is 38.7. The molecule has 2 aromatic heterocycles. The molecular weight excluding hydrogens is 406 g/mol. The molecule has 28 heavy (non-hydrogen) atoms. The van der Waals surface area contributed by atoms with E-state index in [-0.39, 0.29) is 5.76 Å². The van der Waals surface area contributed by atoms with Gasteiger partial charge in [-0.1, -0.05) is 11.3 Å². The first-order chi connectivity index (χ1) is 13.4. The second-order valence-corrected chi connectivity index (χ2v) is 7.51. The molecule has 0 saturated carbocycles. The van der Waals surface area contributed by atoms with Crippen molar-refractivity contribution in [1.29, 1.82) is 0 Å². The van der Waals surface area contributed by atoms with Gasteiger partial charge in [-0.15, -0.1) is 0 Å². The fourth-order valence-electron chi connectivity index (χ4n) is 2.48. The number of ether oxygens (including phenoxy) is 1. The molecule has 1 amide bonds. The zero-order valence-corrected chi connectivity index (χ0v) is 16.5. The second kappa shape index (κ2) is 8.40. The van der Waals surface area contributed by atoms with Crippen molar-refractivity contribution in [3.05, 3.63) is 56.6 Å². The molecule has 0 radical (unpaired) electrons. The van der Waals surface area contributed by atoms with Gasteiger partial charge in [0, 0.05) is 12.3 Å². The number of nitro groups is 1. The summed E-state index contributed by atoms with van der Waals surface area (Å²) in [5.41, 5.74) is 1.22. The van der Waals surface area contributed by atoms with Gasteiger partial charge in [0.05, 0.1) is 29.0 Å². The highest BCUT2D eigenvalue weighted by Crippen LogP contribution is 2.21. The highest BCUT2D eigenvalue weighted by Gasteiger charge is 2.18. The molecular formula is C17H15N3O6S2. The van der Waals surface area contributed by atoms with Crippen LogP contribution < -0.4 is 4.80 Å². The lowest BCUT2D eigenvalue weighted by atomic mass is 10.2. The van der Waals surface area contributed by atoms with Gasteiger partial charge in [0.15, 0.2) is 4.80 Å². The van der Waals surface area contributed by atoms with Crippen LogP contribution >= 0.6 is 23.1 Å². The van der Waals surface area contributed by atoms with Crippen LogP contribution in [0.25, 0.3) is 10.2 Å². The number of carbonyl (C=O) groups excluding carboxylic acids is 2. The number of hydrogen-bond donors (Lipinski definition) is 0. The largest absolute Gasteiger partial charge is 0.465 e. The van der Waals surface area contributed by atoms with Crippen LogP contribution in [-0.2, 0) is 11.3 Å². The number of methoxy groups -OCH3 is 1. The molecule has 0 fully saturated rings. The van der Waals surface area contributed by atoms with E-state index >= 15 is 0 Å². The Morgan fingerprint density at radius 3 is 2.79 bits per heavy atom. The molecule has 11 heteroatoms. The highest BCUT2D eigenvalue weighted by atomic mass is 32.2. The van der Waals surface area contributed by atoms with Crippen molar-refractivity contribution < 1.29 is 23.7 Å². The Balaban J connectivity index is 2.08. The number of aromatic nitrogens is 1. The lowest BCUT2D eigenvalue weighted by molar-refractivity contribution is -0.402. The Morgan fingerprint density at radius 2 is 2.14 bits per heavy atom. The molecule has 0 aliphatic heterocycles. The van der Waals surface area contributed by atoms with Gasteiger partial charge in [-0.05, 0) is 30.5 Å². The van der Waals surface area contributed by atoms with Crippen LogP contribution in [0, 0.1) is 10.1 Å². The van der Waals surface area contributed by atoms with Crippen molar-refractivity contribution in [1.82, 2.24) is 4.57 Å². The van der Waals surface area contributed by atoms with Crippen LogP contribution in [0.3, 0.4) is 0 Å². The first-order valence-electron chi connectivity index (χ1n) is 7.98. The summed E-state index contributed by atoms with van der Waals surface area (Å²) in [6.07, 6.45) is 1.97. The Hall–Kier alpha value is -2.92. The van der Waals surface area contributed by atoms with Crippen molar-refractivity contribution in [2.24, 2.45) is 4.99 Å². The van der Waals surface area contributed by atoms with E-state index in [4.69, 9.17) is 9.15 Å². The third-order valence-corrected chi connectivity index (χ3v) is 5.43. The molecule has 0 spiro atoms. The minimum atomic E-state index is -0.719. The number of nitrogens with zero attached hydrogens (tertiary/aromatic N) is 3. The molecule has 146 valence electrons. The quantitative estimate of drug-likeness (QED) is 0.341. The van der Waals surface area contributed by atoms with Crippen LogP contribution in [0.4, 0.5) is 5.88 Å². The topological polar surface area (TPSA) is 117 Å². The van der Waals surface area contributed by atoms with Gasteiger partial charge in [0.2, 0.25) is 5.76 Å². The first kappa shape index (κ1) is 19.8. The molecule has 9 nitrogen and oxygen atoms in total. The van der Waals surface area contributed by atoms with Crippen molar-refractivity contribution in [3.8, 4) is 0 Å². The minimum absolute atomic E-state index is 0.212. The van der Waals surface area contributed by atoms with Crippen LogP contribution in [0.1, 0.15) is 20.9 Å². The van der Waals surface area contributed by atoms with Gasteiger partial charge in [0.1, 0.15) is 4.92 Å². The number of thiazole rings is 1. The fourth-order valence-corrected chi connectivity index (χ4v) is 3.94. The number of esters is 1. The third-order valence-electron chi connectivity index (χ3n) is 3.80. The number of amides is 1. The van der Waals surface area contributed by atoms with Gasteiger partial charge < -0.3 is 13.7 Å². The Morgan fingerprint density at radius 1 is 1.36 bits per heavy atom. The lowest BCUT2D eigenvalue weighted by Gasteiger charge is -2.04. The predicted molar refractivity (Wildman–Crippen MR) is 105 cm³/mol. The number of carbonyl (C=O) groups is 2. The molecule has 0 unspecified atom stereocenters. The number of fused-ring (bicyclic) bond motifs is 1. The molecule has 3 rings (SSSR count). The Labute approximate surface area is 166 Å². The fraction of sp³-hybridized carbons (Fsp3) is 0.235. The maximum atomic E-state index is 12.4. The molecule has 0 aliphatic rings. The lowest BCUT2D eigenvalue weighted by Crippen LogP contribution is -2.18. The second-order valence-electron chi connectivity index (χ2n) is 5.52. The van der Waals surface area contributed by atoms with Gasteiger partial charge in [-0.25, -0.2) is 4.79 Å². The van der Waals surface area contributed by atoms with Crippen molar-refractivity contribution in [2.75, 3.05) is 19.1 Å². The third kappa shape index (κ3) is 3.99. The van der Waals surface area contributed by atoms with E-state index in [2.05, 4.69) is 4.99 Å². The summed E-state index contributed by atoms with van der Waals surface area (Å²) >= 11 is 2.88. The van der Waals surface area contributed by atoms with Gasteiger partial charge in [-0.2, -0.15) is 16.8 Å². The molecule has 0 bridgehead atoms. The average molecular weight is 421 g/mol. The van der Waals surface area contributed by atoms with Crippen LogP contribution in [0.5, 0.6) is 0 Å². The zero-order chi connectivity index (χ0) is 20.3. The van der Waals surface area contributed by atoms with Gasteiger partial charge in [0.25, 0.3) is 0 Å². The van der Waals surface area contributed by atoms with E-state index in [9.17, 15) is 19.7 Å². The smallest absolute Gasteiger partial charge is 0.433 e. The first-order valence-corrected chi connectivity index (χ1v) is 10.2. The summed E-state index contributed by atoms with van der Waals surface area (Å²) in [5, 5.41) is 10.7. The summed E-state index contributed by atoms with van der Waals surface area (Å²) < 4.78 is 12.3. The molecule has 0 saturated heterocycles. The van der Waals surface area contributed by atoms with E-state index in [1.807, 2.05) is 10.8 Å². The number of aryl methyl sites for hydroxylation is 1. The van der Waals surface area contributed by atoms with Crippen molar-refractivity contribution in [3.63, 3.8) is 0 Å². The highest BCUT2D eigenvalue weighted by molar-refractivity contribution is 7.98. The van der Waals surface area contributed by atoms with E-state index < -0.39 is 22.7 Å². The number of benzene rings is 1. The van der Waals surface area contributed by atoms with Crippen LogP contribution in [0.2, 0.25) is 0 Å². The van der Waals surface area contributed by atoms with E-state index in [0.717, 1.165) is 22.0 Å². The number of hydrogen-bond acceptors (Lipinski definition) is 8. The maximum absolute atomic E-state index is 12.4. The molecule has 0 N–H and O–H groups in total. The Bertz CT molecular complexity index is 1130. The maximum Gasteiger partial charge on any atom is 0.433 e. The van der Waals surface area contributed by atoms with Crippen LogP contribution in [-0.4, -0.2) is 40.5 Å². The summed E-state index contributed by atoms with van der Waals surface area (Å²) in [7, 11) is 1.31. The SMILES string of the molecule is COC(=O)c1ccc2c(c1)sc(=NC(=O)c1ccc([N+](=O)[O-])o1)n2CCSC. The molecule has 1 aromatic carbocycles. The number of rotatable bonds is 6. The van der Waals surface area contributed by atoms with Crippen molar-refractivity contribution in [2.45, 2.75) is 6.54 Å². The van der Waals surface area contributed by atoms with E-state index in [0.29, 0.717) is 16.9 Å². The standard InChI is InChI=1S/C17H15N3O6S2/c1-25-16(22)10-3-4-11-13(9-10)28-17(19(11)7-8-27-2)18-15(21)12-5-6-14(26-12)20(23)24/h3-6,9H,7-8H2,1-2H3. The van der Waals surface area contributed by atoms with Crippen LogP contribution in [0.15, 0.2) is 39.7 Å². The summed E-state index contributed by atoms with van der Waals surface area (Å²) in [6.45, 7) is 0.600. The van der Waals surface area contributed by atoms with Gasteiger partial charge in [-0.3, -0.25) is 14.9 Å². The summed E-state index contributed by atoms with van der Waals surface area (Å²) in [5.74, 6) is -1.11. The molecule has 0 atom stereocenters. The van der Waals surface area contributed by atoms with Gasteiger partial charge >= 0.3 is 17.8 Å². The predicted octanol–water partition coefficient (Wildman–Crippen LogP) is 3.09. The summed E-state index contributed by atoms with van der Waals surface area (Å²) in [6, 6.07) is 7.44. The molecule has 3 aromatic rings. The monoisotopic (exact) mass is 421 g/mol. The van der Waals surface area contributed by atoms with E-state index in [1.165, 1.54) is 24.5 Å². The number of thioether (sulfide) groups is 1. The minimum Gasteiger partial charge on any atom is -0.465 e. The molecule has 2 heterocycles. The Kier molecular flexibility index (Phi) is 5.95. The normalized spacial score (nSPS) is 11.7. The van der Waals surface area contributed by atoms with Crippen molar-refractivity contribution >= 4 is 51.1 Å². The average Bonchev–Trinajstić information content (AvgIpc) is 3.30. The van der Waals surface area contributed by atoms with E-state index in [1.54, 1.807) is 30.0 Å². The number of furan rings is 1. The molecule has 0 aliphatic carbocycles. The zero-order valence-electron chi connectivity index (χ0n) is 14.9.